The molecule has 0 aliphatic carbocycles. The number of hydrogen-bond donors (Lipinski definition) is 2. The molecule has 1 atom stereocenters. The lowest BCUT2D eigenvalue weighted by molar-refractivity contribution is -0.118. The Hall–Kier alpha value is -3.26. The third kappa shape index (κ3) is 4.42. The highest BCUT2D eigenvalue weighted by atomic mass is 19.1. The van der Waals surface area contributed by atoms with E-state index in [9.17, 15) is 14.0 Å². The lowest BCUT2D eigenvalue weighted by Crippen LogP contribution is -2.46. The first-order valence-corrected chi connectivity index (χ1v) is 12.1. The number of amides is 2. The van der Waals surface area contributed by atoms with Crippen LogP contribution in [0.1, 0.15) is 41.3 Å². The number of carbonyl (C=O) groups is 2. The molecule has 3 aliphatic heterocycles. The summed E-state index contributed by atoms with van der Waals surface area (Å²) in [6.07, 6.45) is 1.83. The second-order valence-electron chi connectivity index (χ2n) is 9.12. The molecule has 1 unspecified atom stereocenters. The van der Waals surface area contributed by atoms with Crippen molar-refractivity contribution in [3.05, 3.63) is 58.9 Å². The molecule has 34 heavy (non-hydrogen) atoms. The molecule has 7 nitrogen and oxygen atoms in total. The number of aliphatic imine (C=N–C) groups is 1. The number of nitrogens with zero attached hydrogens (tertiary/aromatic N) is 3. The van der Waals surface area contributed by atoms with Gasteiger partial charge in [0.15, 0.2) is 0 Å². The molecule has 2 aromatic carbocycles. The van der Waals surface area contributed by atoms with Gasteiger partial charge in [-0.15, -0.1) is 0 Å². The highest BCUT2D eigenvalue weighted by Crippen LogP contribution is 2.32. The molecule has 2 amide bonds. The number of rotatable bonds is 5. The van der Waals surface area contributed by atoms with Crippen LogP contribution in [-0.2, 0) is 11.3 Å². The van der Waals surface area contributed by atoms with Gasteiger partial charge in [-0.1, -0.05) is 12.1 Å². The first-order valence-electron chi connectivity index (χ1n) is 12.1. The number of anilines is 2. The molecular formula is C26H30FN5O2. The molecule has 8 heteroatoms. The fourth-order valence-corrected chi connectivity index (χ4v) is 5.08. The summed E-state index contributed by atoms with van der Waals surface area (Å²) in [5.74, 6) is -0.691. The molecule has 3 aliphatic rings. The Morgan fingerprint density at radius 3 is 2.76 bits per heavy atom. The molecule has 1 fully saturated rings. The minimum atomic E-state index is -0.369. The van der Waals surface area contributed by atoms with Crippen molar-refractivity contribution in [2.24, 2.45) is 10.9 Å². The van der Waals surface area contributed by atoms with Gasteiger partial charge >= 0.3 is 0 Å². The van der Waals surface area contributed by atoms with Gasteiger partial charge in [0.05, 0.1) is 23.0 Å². The number of fused-ring (bicyclic) bond motifs is 3. The summed E-state index contributed by atoms with van der Waals surface area (Å²) in [6.45, 7) is 6.92. The molecular weight excluding hydrogens is 433 g/mol. The van der Waals surface area contributed by atoms with Gasteiger partial charge in [-0.2, -0.15) is 0 Å². The third-order valence-corrected chi connectivity index (χ3v) is 6.86. The highest BCUT2D eigenvalue weighted by Gasteiger charge is 2.33. The van der Waals surface area contributed by atoms with E-state index in [1.54, 1.807) is 12.1 Å². The number of nitrogens with one attached hydrogen (secondary N) is 2. The standard InChI is InChI=1S/C26H30FN5O2/c1-2-28-25(33)18-6-8-23(21(27)15-18)32-12-10-31(11-13-32)16-17-5-7-19-22(14-17)30-26(34)20-4-3-9-29-24(19)20/h5-8,14-15,20H,2-4,9-13,16H2,1H3,(H,28,33)(H,30,34). The third-order valence-electron chi connectivity index (χ3n) is 6.86. The van der Waals surface area contributed by atoms with Crippen molar-refractivity contribution in [2.45, 2.75) is 26.3 Å². The molecule has 2 aromatic rings. The molecule has 0 spiro atoms. The largest absolute Gasteiger partial charge is 0.367 e. The number of piperazine rings is 1. The van der Waals surface area contributed by atoms with Crippen molar-refractivity contribution in [2.75, 3.05) is 49.5 Å². The fraction of sp³-hybridized carbons (Fsp3) is 0.423. The van der Waals surface area contributed by atoms with Gasteiger partial charge in [-0.05, 0) is 49.6 Å². The average molecular weight is 464 g/mol. The summed E-state index contributed by atoms with van der Waals surface area (Å²) in [7, 11) is 0. The quantitative estimate of drug-likeness (QED) is 0.715. The molecule has 5 rings (SSSR count). The summed E-state index contributed by atoms with van der Waals surface area (Å²) in [5.41, 5.74) is 4.85. The Bertz CT molecular complexity index is 1140. The van der Waals surface area contributed by atoms with E-state index in [1.807, 2.05) is 11.8 Å². The second-order valence-corrected chi connectivity index (χ2v) is 9.12. The Labute approximate surface area is 199 Å². The van der Waals surface area contributed by atoms with E-state index < -0.39 is 0 Å². The van der Waals surface area contributed by atoms with Crippen molar-refractivity contribution in [1.29, 1.82) is 0 Å². The van der Waals surface area contributed by atoms with E-state index in [4.69, 9.17) is 0 Å². The van der Waals surface area contributed by atoms with Crippen LogP contribution in [0.4, 0.5) is 15.8 Å². The first-order chi connectivity index (χ1) is 16.5. The topological polar surface area (TPSA) is 77.0 Å². The minimum absolute atomic E-state index is 0.0527. The monoisotopic (exact) mass is 463 g/mol. The van der Waals surface area contributed by atoms with Crippen molar-refractivity contribution in [3.8, 4) is 0 Å². The molecule has 0 bridgehead atoms. The minimum Gasteiger partial charge on any atom is -0.367 e. The van der Waals surface area contributed by atoms with Gasteiger partial charge in [0.1, 0.15) is 5.82 Å². The van der Waals surface area contributed by atoms with E-state index in [-0.39, 0.29) is 23.5 Å². The second kappa shape index (κ2) is 9.54. The van der Waals surface area contributed by atoms with E-state index in [0.29, 0.717) is 30.9 Å². The van der Waals surface area contributed by atoms with Crippen molar-refractivity contribution in [3.63, 3.8) is 0 Å². The van der Waals surface area contributed by atoms with Crippen LogP contribution in [0.2, 0.25) is 0 Å². The summed E-state index contributed by atoms with van der Waals surface area (Å²) in [5, 5.41) is 5.77. The van der Waals surface area contributed by atoms with Gasteiger partial charge in [0.2, 0.25) is 5.91 Å². The molecule has 0 radical (unpaired) electrons. The molecule has 0 saturated carbocycles. The van der Waals surface area contributed by atoms with Gasteiger partial charge in [-0.3, -0.25) is 19.5 Å². The zero-order chi connectivity index (χ0) is 23.7. The van der Waals surface area contributed by atoms with E-state index in [0.717, 1.165) is 61.5 Å². The highest BCUT2D eigenvalue weighted by molar-refractivity contribution is 6.23. The maximum absolute atomic E-state index is 14.7. The Morgan fingerprint density at radius 2 is 2.00 bits per heavy atom. The normalized spacial score (nSPS) is 20.2. The first kappa shape index (κ1) is 22.5. The van der Waals surface area contributed by atoms with Crippen LogP contribution < -0.4 is 15.5 Å². The lowest BCUT2D eigenvalue weighted by atomic mass is 9.85. The van der Waals surface area contributed by atoms with Crippen LogP contribution in [0.25, 0.3) is 0 Å². The van der Waals surface area contributed by atoms with Gasteiger partial charge < -0.3 is 15.5 Å². The van der Waals surface area contributed by atoms with E-state index in [2.05, 4.69) is 38.7 Å². The Balaban J connectivity index is 1.22. The van der Waals surface area contributed by atoms with Crippen molar-refractivity contribution >= 4 is 28.9 Å². The summed E-state index contributed by atoms with van der Waals surface area (Å²) >= 11 is 0. The summed E-state index contributed by atoms with van der Waals surface area (Å²) < 4.78 is 14.7. The van der Waals surface area contributed by atoms with Crippen LogP contribution in [0.15, 0.2) is 41.4 Å². The van der Waals surface area contributed by atoms with E-state index in [1.165, 1.54) is 6.07 Å². The summed E-state index contributed by atoms with van der Waals surface area (Å²) in [6, 6.07) is 11.0. The SMILES string of the molecule is CCNC(=O)c1ccc(N2CCN(Cc3ccc4c(c3)NC(=O)C3CCCN=C43)CC2)c(F)c1. The Kier molecular flexibility index (Phi) is 6.32. The van der Waals surface area contributed by atoms with Crippen LogP contribution >= 0.6 is 0 Å². The number of halogens is 1. The predicted molar refractivity (Wildman–Crippen MR) is 131 cm³/mol. The maximum Gasteiger partial charge on any atom is 0.251 e. The van der Waals surface area contributed by atoms with Crippen molar-refractivity contribution in [1.82, 2.24) is 10.2 Å². The van der Waals surface area contributed by atoms with E-state index >= 15 is 0 Å². The van der Waals surface area contributed by atoms with Crippen LogP contribution in [0.3, 0.4) is 0 Å². The summed E-state index contributed by atoms with van der Waals surface area (Å²) in [4.78, 5) is 33.5. The van der Waals surface area contributed by atoms with Crippen LogP contribution in [0, 0.1) is 11.7 Å². The molecule has 3 heterocycles. The van der Waals surface area contributed by atoms with Gasteiger partial charge in [0, 0.05) is 56.9 Å². The zero-order valence-electron chi connectivity index (χ0n) is 19.4. The van der Waals surface area contributed by atoms with Gasteiger partial charge in [-0.25, -0.2) is 4.39 Å². The molecule has 1 saturated heterocycles. The smallest absolute Gasteiger partial charge is 0.251 e. The maximum atomic E-state index is 14.7. The zero-order valence-corrected chi connectivity index (χ0v) is 19.4. The molecule has 0 aromatic heterocycles. The average Bonchev–Trinajstić information content (AvgIpc) is 2.85. The fourth-order valence-electron chi connectivity index (χ4n) is 5.08. The van der Waals surface area contributed by atoms with Crippen LogP contribution in [0.5, 0.6) is 0 Å². The molecule has 178 valence electrons. The number of hydrogen-bond acceptors (Lipinski definition) is 5. The molecule has 2 N–H and O–H groups in total. The predicted octanol–water partition coefficient (Wildman–Crippen LogP) is 3.05. The van der Waals surface area contributed by atoms with Gasteiger partial charge in [0.25, 0.3) is 5.91 Å². The van der Waals surface area contributed by atoms with Crippen molar-refractivity contribution < 1.29 is 14.0 Å². The number of carbonyl (C=O) groups excluding carboxylic acids is 2. The van der Waals surface area contributed by atoms with Crippen LogP contribution in [-0.4, -0.2) is 61.7 Å². The lowest BCUT2D eigenvalue weighted by Gasteiger charge is -2.36. The number of benzene rings is 2. The Morgan fingerprint density at radius 1 is 1.18 bits per heavy atom.